The van der Waals surface area contributed by atoms with Gasteiger partial charge in [0.1, 0.15) is 36.9 Å². The van der Waals surface area contributed by atoms with Crippen LogP contribution >= 0.6 is 0 Å². The number of benzene rings is 2. The lowest BCUT2D eigenvalue weighted by molar-refractivity contribution is 0.263. The number of nitrogens with zero attached hydrogens (tertiary/aromatic N) is 2. The van der Waals surface area contributed by atoms with E-state index in [4.69, 9.17) is 24.0 Å². The topological polar surface area (TPSA) is 61.3 Å². The fourth-order valence-electron chi connectivity index (χ4n) is 3.37. The van der Waals surface area contributed by atoms with Crippen LogP contribution in [0.2, 0.25) is 0 Å². The minimum atomic E-state index is -0.0585. The zero-order chi connectivity index (χ0) is 21.4. The van der Waals surface area contributed by atoms with Crippen LogP contribution in [0.4, 0.5) is 0 Å². The highest BCUT2D eigenvalue weighted by Crippen LogP contribution is 2.31. The molecule has 2 saturated heterocycles. The first-order valence-corrected chi connectivity index (χ1v) is 10.8. The van der Waals surface area contributed by atoms with Crippen molar-refractivity contribution in [2.24, 2.45) is 0 Å². The van der Waals surface area contributed by atoms with Gasteiger partial charge in [0.2, 0.25) is 0 Å². The van der Waals surface area contributed by atoms with Crippen LogP contribution in [0.5, 0.6) is 11.5 Å². The fourth-order valence-corrected chi connectivity index (χ4v) is 3.37. The van der Waals surface area contributed by atoms with Crippen LogP contribution in [0.3, 0.4) is 0 Å². The summed E-state index contributed by atoms with van der Waals surface area (Å²) < 4.78 is 23.9. The highest BCUT2D eigenvalue weighted by Gasteiger charge is 2.25. The molecule has 162 valence electrons. The van der Waals surface area contributed by atoms with Gasteiger partial charge in [-0.25, -0.2) is 4.68 Å². The van der Waals surface area contributed by atoms with Crippen molar-refractivity contribution in [2.75, 3.05) is 26.4 Å². The van der Waals surface area contributed by atoms with Crippen molar-refractivity contribution in [3.8, 4) is 28.4 Å². The van der Waals surface area contributed by atoms with E-state index < -0.39 is 0 Å². The summed E-state index contributed by atoms with van der Waals surface area (Å²) in [7, 11) is 0. The lowest BCUT2D eigenvalue weighted by atomic mass is 9.91. The Kier molecular flexibility index (Phi) is 5.20. The summed E-state index contributed by atoms with van der Waals surface area (Å²) in [5, 5.41) is 4.94. The van der Waals surface area contributed by atoms with E-state index in [-0.39, 0.29) is 17.6 Å². The SMILES string of the molecule is CC(C)(C)c1cc(-c2ccc(OCC3CO3)cc2)nn1-c1ccc(OCC2CO2)cc1. The van der Waals surface area contributed by atoms with E-state index in [2.05, 4.69) is 39.0 Å². The number of hydrogen-bond acceptors (Lipinski definition) is 5. The number of epoxide rings is 2. The Morgan fingerprint density at radius 3 is 1.87 bits per heavy atom. The summed E-state index contributed by atoms with van der Waals surface area (Å²) in [5.74, 6) is 1.69. The zero-order valence-electron chi connectivity index (χ0n) is 18.2. The molecule has 0 N–H and O–H groups in total. The first kappa shape index (κ1) is 20.1. The van der Waals surface area contributed by atoms with E-state index in [1.54, 1.807) is 0 Å². The Hall–Kier alpha value is -2.83. The van der Waals surface area contributed by atoms with E-state index in [0.717, 1.165) is 47.4 Å². The second-order valence-electron chi connectivity index (χ2n) is 9.13. The van der Waals surface area contributed by atoms with E-state index in [1.807, 2.05) is 41.1 Å². The van der Waals surface area contributed by atoms with Crippen molar-refractivity contribution in [3.63, 3.8) is 0 Å². The Labute approximate surface area is 182 Å². The van der Waals surface area contributed by atoms with Crippen molar-refractivity contribution in [1.82, 2.24) is 9.78 Å². The van der Waals surface area contributed by atoms with Gasteiger partial charge in [0, 0.05) is 11.0 Å². The third-order valence-electron chi connectivity index (χ3n) is 5.39. The van der Waals surface area contributed by atoms with Crippen molar-refractivity contribution in [2.45, 2.75) is 38.4 Å². The molecule has 0 radical (unpaired) electrons. The molecule has 2 fully saturated rings. The van der Waals surface area contributed by atoms with Crippen LogP contribution in [0.15, 0.2) is 54.6 Å². The smallest absolute Gasteiger partial charge is 0.119 e. The minimum absolute atomic E-state index is 0.0585. The summed E-state index contributed by atoms with van der Waals surface area (Å²) in [4.78, 5) is 0. The monoisotopic (exact) mass is 420 g/mol. The molecular formula is C25H28N2O4. The average molecular weight is 421 g/mol. The van der Waals surface area contributed by atoms with Gasteiger partial charge in [-0.2, -0.15) is 5.10 Å². The molecule has 6 heteroatoms. The molecule has 31 heavy (non-hydrogen) atoms. The molecule has 0 saturated carbocycles. The van der Waals surface area contributed by atoms with Gasteiger partial charge >= 0.3 is 0 Å². The third kappa shape index (κ3) is 4.92. The van der Waals surface area contributed by atoms with Gasteiger partial charge in [-0.1, -0.05) is 20.8 Å². The van der Waals surface area contributed by atoms with Crippen LogP contribution in [-0.4, -0.2) is 48.4 Å². The van der Waals surface area contributed by atoms with E-state index in [0.29, 0.717) is 13.2 Å². The Balaban J connectivity index is 1.38. The van der Waals surface area contributed by atoms with Crippen molar-refractivity contribution >= 4 is 0 Å². The Morgan fingerprint density at radius 2 is 1.39 bits per heavy atom. The fraction of sp³-hybridized carbons (Fsp3) is 0.400. The molecule has 6 nitrogen and oxygen atoms in total. The average Bonchev–Trinajstić information content (AvgIpc) is 3.69. The maximum absolute atomic E-state index is 5.77. The normalized spacial score (nSPS) is 19.8. The predicted octanol–water partition coefficient (Wildman–Crippen LogP) is 4.39. The van der Waals surface area contributed by atoms with Gasteiger partial charge in [0.25, 0.3) is 0 Å². The predicted molar refractivity (Wildman–Crippen MR) is 118 cm³/mol. The van der Waals surface area contributed by atoms with Crippen LogP contribution in [0, 0.1) is 0 Å². The molecule has 2 aromatic carbocycles. The molecular weight excluding hydrogens is 392 g/mol. The lowest BCUT2D eigenvalue weighted by Gasteiger charge is -2.20. The van der Waals surface area contributed by atoms with Gasteiger partial charge in [-0.3, -0.25) is 0 Å². The van der Waals surface area contributed by atoms with Crippen LogP contribution in [-0.2, 0) is 14.9 Å². The molecule has 3 aromatic rings. The second-order valence-corrected chi connectivity index (χ2v) is 9.13. The molecule has 2 aliphatic heterocycles. The summed E-state index contributed by atoms with van der Waals surface area (Å²) in [6, 6.07) is 18.3. The maximum Gasteiger partial charge on any atom is 0.119 e. The highest BCUT2D eigenvalue weighted by molar-refractivity contribution is 5.61. The van der Waals surface area contributed by atoms with E-state index >= 15 is 0 Å². The van der Waals surface area contributed by atoms with Crippen molar-refractivity contribution < 1.29 is 18.9 Å². The van der Waals surface area contributed by atoms with Crippen LogP contribution < -0.4 is 9.47 Å². The van der Waals surface area contributed by atoms with Crippen molar-refractivity contribution in [1.29, 1.82) is 0 Å². The lowest BCUT2D eigenvalue weighted by Crippen LogP contribution is -2.17. The molecule has 0 spiro atoms. The summed E-state index contributed by atoms with van der Waals surface area (Å²) >= 11 is 0. The number of ether oxygens (including phenoxy) is 4. The van der Waals surface area contributed by atoms with E-state index in [9.17, 15) is 0 Å². The maximum atomic E-state index is 5.77. The standard InChI is InChI=1S/C25H28N2O4/c1-25(2,3)24-12-23(17-4-8-19(9-5-17)28-13-21-15-30-21)26-27(24)18-6-10-20(11-7-18)29-14-22-16-31-22/h4-12,21-22H,13-16H2,1-3H3. The minimum Gasteiger partial charge on any atom is -0.491 e. The summed E-state index contributed by atoms with van der Waals surface area (Å²) in [6.07, 6.45) is 0.503. The molecule has 0 bridgehead atoms. The van der Waals surface area contributed by atoms with Crippen LogP contribution in [0.25, 0.3) is 16.9 Å². The van der Waals surface area contributed by atoms with Crippen molar-refractivity contribution in [3.05, 3.63) is 60.3 Å². The molecule has 1 aromatic heterocycles. The molecule has 2 unspecified atom stereocenters. The number of aromatic nitrogens is 2. The molecule has 2 atom stereocenters. The number of hydrogen-bond donors (Lipinski definition) is 0. The zero-order valence-corrected chi connectivity index (χ0v) is 18.2. The van der Waals surface area contributed by atoms with E-state index in [1.165, 1.54) is 0 Å². The Morgan fingerprint density at radius 1 is 0.871 bits per heavy atom. The summed E-state index contributed by atoms with van der Waals surface area (Å²) in [5.41, 5.74) is 4.10. The first-order valence-electron chi connectivity index (χ1n) is 10.8. The highest BCUT2D eigenvalue weighted by atomic mass is 16.6. The van der Waals surface area contributed by atoms with Gasteiger partial charge in [0.15, 0.2) is 0 Å². The first-order chi connectivity index (χ1) is 15.0. The quantitative estimate of drug-likeness (QED) is 0.506. The molecule has 0 amide bonds. The van der Waals surface area contributed by atoms with Gasteiger partial charge in [-0.05, 0) is 54.6 Å². The molecule has 3 heterocycles. The van der Waals surface area contributed by atoms with Gasteiger partial charge < -0.3 is 18.9 Å². The third-order valence-corrected chi connectivity index (χ3v) is 5.39. The van der Waals surface area contributed by atoms with Crippen LogP contribution in [0.1, 0.15) is 26.5 Å². The summed E-state index contributed by atoms with van der Waals surface area (Å²) in [6.45, 7) is 9.41. The second kappa shape index (κ2) is 8.02. The Bertz CT molecular complexity index is 1030. The van der Waals surface area contributed by atoms with Gasteiger partial charge in [-0.15, -0.1) is 0 Å². The molecule has 2 aliphatic rings. The number of rotatable bonds is 8. The van der Waals surface area contributed by atoms with Gasteiger partial charge in [0.05, 0.1) is 30.3 Å². The largest absolute Gasteiger partial charge is 0.491 e. The molecule has 0 aliphatic carbocycles. The molecule has 5 rings (SSSR count).